The minimum Gasteiger partial charge on any atom is -0.385 e. The largest absolute Gasteiger partial charge is 0.416 e. The van der Waals surface area contributed by atoms with Crippen LogP contribution in [-0.2, 0) is 11.0 Å². The van der Waals surface area contributed by atoms with E-state index >= 15 is 0 Å². The average Bonchev–Trinajstić information content (AvgIpc) is 3.30. The van der Waals surface area contributed by atoms with Crippen molar-refractivity contribution in [3.63, 3.8) is 0 Å². The molecule has 0 saturated heterocycles. The fraction of sp³-hybridized carbons (Fsp3) is 0.640. The van der Waals surface area contributed by atoms with Gasteiger partial charge >= 0.3 is 6.18 Å². The van der Waals surface area contributed by atoms with Crippen LogP contribution in [0.5, 0.6) is 0 Å². The second-order valence-electron chi connectivity index (χ2n) is 9.49. The highest BCUT2D eigenvalue weighted by atomic mass is 19.4. The lowest BCUT2D eigenvalue weighted by Gasteiger charge is -2.31. The van der Waals surface area contributed by atoms with Gasteiger partial charge in [0, 0.05) is 31.4 Å². The molecule has 0 heterocycles. The summed E-state index contributed by atoms with van der Waals surface area (Å²) >= 11 is 0. The predicted molar refractivity (Wildman–Crippen MR) is 122 cm³/mol. The number of hydrogen-bond acceptors (Lipinski definition) is 3. The van der Waals surface area contributed by atoms with E-state index in [0.717, 1.165) is 50.7 Å². The number of likely N-dealkylation sites (N-methyl/N-ethyl adjacent to an activating group) is 1. The van der Waals surface area contributed by atoms with Gasteiger partial charge in [0.25, 0.3) is 0 Å². The molecule has 2 N–H and O–H groups in total. The summed E-state index contributed by atoms with van der Waals surface area (Å²) in [6.07, 6.45) is 4.35. The van der Waals surface area contributed by atoms with E-state index < -0.39 is 11.7 Å². The number of carbonyl (C=O) groups is 1. The molecule has 0 radical (unpaired) electrons. The van der Waals surface area contributed by atoms with Crippen LogP contribution in [0, 0.1) is 12.8 Å². The van der Waals surface area contributed by atoms with Crippen LogP contribution in [-0.4, -0.2) is 43.0 Å². The Labute approximate surface area is 189 Å². The average molecular weight is 452 g/mol. The summed E-state index contributed by atoms with van der Waals surface area (Å²) in [6, 6.07) is 4.79. The second-order valence-corrected chi connectivity index (χ2v) is 9.49. The molecule has 3 rings (SSSR count). The number of nitrogens with zero attached hydrogens (tertiary/aromatic N) is 1. The minimum absolute atomic E-state index is 0.174. The van der Waals surface area contributed by atoms with Crippen molar-refractivity contribution >= 4 is 11.6 Å². The van der Waals surface area contributed by atoms with Crippen molar-refractivity contribution in [3.8, 4) is 0 Å². The molecule has 0 bridgehead atoms. The molecule has 1 aromatic rings. The Hall–Kier alpha value is -2.02. The van der Waals surface area contributed by atoms with E-state index in [1.165, 1.54) is 12.8 Å². The van der Waals surface area contributed by atoms with Crippen molar-refractivity contribution in [3.05, 3.63) is 41.5 Å². The fourth-order valence-electron chi connectivity index (χ4n) is 4.91. The zero-order valence-corrected chi connectivity index (χ0v) is 19.2. The molecular weight excluding hydrogens is 415 g/mol. The van der Waals surface area contributed by atoms with E-state index in [1.54, 1.807) is 13.0 Å². The summed E-state index contributed by atoms with van der Waals surface area (Å²) in [5.74, 6) is 0.627. The van der Waals surface area contributed by atoms with E-state index in [0.29, 0.717) is 47.9 Å². The quantitative estimate of drug-likeness (QED) is 0.576. The van der Waals surface area contributed by atoms with Crippen LogP contribution in [0.4, 0.5) is 13.2 Å². The molecule has 2 fully saturated rings. The van der Waals surface area contributed by atoms with Crippen molar-refractivity contribution < 1.29 is 18.0 Å². The maximum atomic E-state index is 13.1. The van der Waals surface area contributed by atoms with E-state index in [9.17, 15) is 18.0 Å². The number of alkyl halides is 3. The van der Waals surface area contributed by atoms with Gasteiger partial charge in [-0.3, -0.25) is 4.79 Å². The molecule has 0 spiro atoms. The van der Waals surface area contributed by atoms with Gasteiger partial charge in [0.05, 0.1) is 12.1 Å². The molecule has 0 unspecified atom stereocenters. The molecule has 0 atom stereocenters. The Bertz CT molecular complexity index is 794. The zero-order valence-electron chi connectivity index (χ0n) is 19.2. The van der Waals surface area contributed by atoms with Crippen LogP contribution in [0.1, 0.15) is 68.1 Å². The van der Waals surface area contributed by atoms with Gasteiger partial charge in [-0.1, -0.05) is 19.4 Å². The Morgan fingerprint density at radius 3 is 2.38 bits per heavy atom. The van der Waals surface area contributed by atoms with Crippen molar-refractivity contribution in [2.45, 2.75) is 76.6 Å². The molecule has 0 aliphatic heterocycles. The van der Waals surface area contributed by atoms with Crippen LogP contribution in [0.2, 0.25) is 0 Å². The number of amides is 1. The van der Waals surface area contributed by atoms with Gasteiger partial charge in [-0.2, -0.15) is 13.2 Å². The highest BCUT2D eigenvalue weighted by molar-refractivity contribution is 5.78. The van der Waals surface area contributed by atoms with Crippen molar-refractivity contribution in [1.29, 1.82) is 0 Å². The molecule has 1 aromatic carbocycles. The Balaban J connectivity index is 1.39. The highest BCUT2D eigenvalue weighted by Gasteiger charge is 2.31. The minimum atomic E-state index is -4.36. The Morgan fingerprint density at radius 1 is 1.09 bits per heavy atom. The maximum absolute atomic E-state index is 13.1. The molecule has 4 nitrogen and oxygen atoms in total. The highest BCUT2D eigenvalue weighted by Crippen LogP contribution is 2.32. The summed E-state index contributed by atoms with van der Waals surface area (Å²) in [6.45, 7) is 6.71. The number of benzene rings is 1. The normalized spacial score (nSPS) is 22.0. The van der Waals surface area contributed by atoms with Crippen LogP contribution in [0.25, 0.3) is 5.70 Å². The van der Waals surface area contributed by atoms with Crippen molar-refractivity contribution in [1.82, 2.24) is 15.5 Å². The first kappa shape index (κ1) is 24.6. The van der Waals surface area contributed by atoms with Gasteiger partial charge < -0.3 is 15.5 Å². The Morgan fingerprint density at radius 2 is 1.75 bits per heavy atom. The van der Waals surface area contributed by atoms with Crippen LogP contribution < -0.4 is 10.6 Å². The third-order valence-electron chi connectivity index (χ3n) is 7.01. The maximum Gasteiger partial charge on any atom is 0.416 e. The topological polar surface area (TPSA) is 44.4 Å². The van der Waals surface area contributed by atoms with Gasteiger partial charge in [0.15, 0.2) is 0 Å². The van der Waals surface area contributed by atoms with Gasteiger partial charge in [-0.05, 0) is 80.7 Å². The first-order valence-electron chi connectivity index (χ1n) is 11.7. The molecule has 32 heavy (non-hydrogen) atoms. The summed E-state index contributed by atoms with van der Waals surface area (Å²) in [4.78, 5) is 14.3. The first-order chi connectivity index (χ1) is 15.1. The number of carbonyl (C=O) groups excluding carboxylic acids is 1. The lowest BCUT2D eigenvalue weighted by Crippen LogP contribution is -2.44. The lowest BCUT2D eigenvalue weighted by atomic mass is 9.86. The molecular formula is C25H36F3N3O. The van der Waals surface area contributed by atoms with Crippen LogP contribution in [0.3, 0.4) is 0 Å². The first-order valence-corrected chi connectivity index (χ1v) is 11.7. The molecule has 178 valence electrons. The predicted octanol–water partition coefficient (Wildman–Crippen LogP) is 5.12. The third-order valence-corrected chi connectivity index (χ3v) is 7.01. The molecule has 2 aliphatic rings. The third kappa shape index (κ3) is 6.74. The SMILES string of the molecule is C=C(NC[C@H]1CC[C@H](NCC(=O)N(C)C2CCCC2)CC1)c1cc(C)cc(C(F)(F)F)c1. The number of aryl methyl sites for hydroxylation is 1. The molecule has 0 aromatic heterocycles. The summed E-state index contributed by atoms with van der Waals surface area (Å²) in [5.41, 5.74) is 0.935. The number of nitrogens with one attached hydrogen (secondary N) is 2. The van der Waals surface area contributed by atoms with Crippen molar-refractivity contribution in [2.24, 2.45) is 5.92 Å². The molecule has 2 aliphatic carbocycles. The van der Waals surface area contributed by atoms with Gasteiger partial charge in [0.2, 0.25) is 5.91 Å². The number of rotatable bonds is 8. The number of hydrogen-bond donors (Lipinski definition) is 2. The van der Waals surface area contributed by atoms with Crippen LogP contribution >= 0.6 is 0 Å². The zero-order chi connectivity index (χ0) is 23.3. The van der Waals surface area contributed by atoms with Gasteiger partial charge in [-0.25, -0.2) is 0 Å². The monoisotopic (exact) mass is 451 g/mol. The van der Waals surface area contributed by atoms with Crippen LogP contribution in [0.15, 0.2) is 24.8 Å². The summed E-state index contributed by atoms with van der Waals surface area (Å²) in [7, 11) is 1.92. The number of halogens is 3. The van der Waals surface area contributed by atoms with E-state index in [2.05, 4.69) is 17.2 Å². The molecule has 2 saturated carbocycles. The van der Waals surface area contributed by atoms with E-state index in [-0.39, 0.29) is 5.91 Å². The fourth-order valence-corrected chi connectivity index (χ4v) is 4.91. The smallest absolute Gasteiger partial charge is 0.385 e. The molecule has 1 amide bonds. The van der Waals surface area contributed by atoms with Crippen molar-refractivity contribution in [2.75, 3.05) is 20.1 Å². The summed E-state index contributed by atoms with van der Waals surface area (Å²) < 4.78 is 39.2. The summed E-state index contributed by atoms with van der Waals surface area (Å²) in [5, 5.41) is 6.67. The molecule has 7 heteroatoms. The van der Waals surface area contributed by atoms with Gasteiger partial charge in [0.1, 0.15) is 0 Å². The van der Waals surface area contributed by atoms with E-state index in [1.807, 2.05) is 11.9 Å². The van der Waals surface area contributed by atoms with E-state index in [4.69, 9.17) is 0 Å². The lowest BCUT2D eigenvalue weighted by molar-refractivity contribution is -0.137. The Kier molecular flexibility index (Phi) is 8.26. The standard InChI is InChI=1S/C25H36F3N3O/c1-17-12-20(14-21(13-17)25(26,27)28)18(2)29-15-19-8-10-22(11-9-19)30-16-24(32)31(3)23-6-4-5-7-23/h12-14,19,22-23,29-30H,2,4-11,15-16H2,1,3H3/t19-,22-. The van der Waals surface area contributed by atoms with Gasteiger partial charge in [-0.15, -0.1) is 0 Å². The second kappa shape index (κ2) is 10.7.